The molecule has 0 spiro atoms. The minimum atomic E-state index is -1.64. The van der Waals surface area contributed by atoms with Crippen LogP contribution in [0.3, 0.4) is 0 Å². The lowest BCUT2D eigenvalue weighted by atomic mass is 10.1. The molecule has 0 fully saturated rings. The van der Waals surface area contributed by atoms with Gasteiger partial charge in [0.1, 0.15) is 11.5 Å². The number of allylic oxidation sites excluding steroid dienone is 2. The molecule has 0 radical (unpaired) electrons. The van der Waals surface area contributed by atoms with Gasteiger partial charge in [-0.25, -0.2) is 0 Å². The van der Waals surface area contributed by atoms with Crippen LogP contribution < -0.4 is 0 Å². The summed E-state index contributed by atoms with van der Waals surface area (Å²) < 4.78 is 11.4. The number of hydrogen-bond acceptors (Lipinski definition) is 2. The Kier molecular flexibility index (Phi) is 4.27. The van der Waals surface area contributed by atoms with E-state index in [0.29, 0.717) is 5.03 Å². The van der Waals surface area contributed by atoms with Crippen LogP contribution in [0.15, 0.2) is 33.6 Å². The molecule has 0 N–H and O–H groups in total. The van der Waals surface area contributed by atoms with E-state index < -0.39 is 8.32 Å². The first-order valence-electron chi connectivity index (χ1n) is 5.40. The molecule has 2 nitrogen and oxygen atoms in total. The van der Waals surface area contributed by atoms with Crippen molar-refractivity contribution in [3.63, 3.8) is 0 Å². The SMILES string of the molecule is CC(Cl)=C(O[Si](C)(C)C)C(C)c1ccco1. The third-order valence-corrected chi connectivity index (χ3v) is 3.14. The highest BCUT2D eigenvalue weighted by molar-refractivity contribution is 6.70. The van der Waals surface area contributed by atoms with Crippen molar-refractivity contribution in [2.45, 2.75) is 39.4 Å². The number of hydrogen-bond donors (Lipinski definition) is 0. The lowest BCUT2D eigenvalue weighted by Gasteiger charge is -2.25. The molecule has 0 saturated carbocycles. The number of furan rings is 1. The van der Waals surface area contributed by atoms with Gasteiger partial charge in [0.2, 0.25) is 8.32 Å². The molecule has 0 aliphatic rings. The Morgan fingerprint density at radius 1 is 1.44 bits per heavy atom. The number of halogens is 1. The molecule has 0 aromatic carbocycles. The van der Waals surface area contributed by atoms with Crippen LogP contribution in [0.2, 0.25) is 19.6 Å². The first kappa shape index (κ1) is 13.4. The summed E-state index contributed by atoms with van der Waals surface area (Å²) >= 11 is 6.10. The maximum atomic E-state index is 6.10. The van der Waals surface area contributed by atoms with Crippen LogP contribution in [0, 0.1) is 0 Å². The van der Waals surface area contributed by atoms with Crippen molar-refractivity contribution in [2.24, 2.45) is 0 Å². The zero-order valence-corrected chi connectivity index (χ0v) is 12.3. The van der Waals surface area contributed by atoms with Crippen LogP contribution in [0.1, 0.15) is 25.5 Å². The molecule has 0 aliphatic heterocycles. The summed E-state index contributed by atoms with van der Waals surface area (Å²) in [6.45, 7) is 10.3. The van der Waals surface area contributed by atoms with E-state index in [-0.39, 0.29) is 5.92 Å². The van der Waals surface area contributed by atoms with Crippen LogP contribution in [-0.4, -0.2) is 8.32 Å². The molecule has 1 unspecified atom stereocenters. The summed E-state index contributed by atoms with van der Waals surface area (Å²) in [6.07, 6.45) is 1.67. The van der Waals surface area contributed by atoms with Crippen molar-refractivity contribution in [2.75, 3.05) is 0 Å². The molecule has 1 aromatic heterocycles. The maximum Gasteiger partial charge on any atom is 0.241 e. The van der Waals surface area contributed by atoms with Gasteiger partial charge in [0.25, 0.3) is 0 Å². The van der Waals surface area contributed by atoms with Crippen LogP contribution in [0.25, 0.3) is 0 Å². The fourth-order valence-corrected chi connectivity index (χ4v) is 2.71. The summed E-state index contributed by atoms with van der Waals surface area (Å²) in [5.41, 5.74) is 0. The monoisotopic (exact) mass is 258 g/mol. The average Bonchev–Trinajstić information content (AvgIpc) is 2.63. The second-order valence-electron chi connectivity index (χ2n) is 4.85. The quantitative estimate of drug-likeness (QED) is 0.577. The van der Waals surface area contributed by atoms with Gasteiger partial charge < -0.3 is 8.84 Å². The molecule has 1 aromatic rings. The highest BCUT2D eigenvalue weighted by Gasteiger charge is 2.24. The third kappa shape index (κ3) is 3.72. The van der Waals surface area contributed by atoms with Crippen LogP contribution in [0.5, 0.6) is 0 Å². The van der Waals surface area contributed by atoms with Crippen molar-refractivity contribution in [3.8, 4) is 0 Å². The molecule has 0 bridgehead atoms. The van der Waals surface area contributed by atoms with Crippen molar-refractivity contribution in [1.29, 1.82) is 0 Å². The maximum absolute atomic E-state index is 6.10. The molecular formula is C12H19ClO2Si. The summed E-state index contributed by atoms with van der Waals surface area (Å²) in [4.78, 5) is 0. The molecule has 1 heterocycles. The average molecular weight is 259 g/mol. The summed E-state index contributed by atoms with van der Waals surface area (Å²) in [7, 11) is -1.64. The molecular weight excluding hydrogens is 240 g/mol. The van der Waals surface area contributed by atoms with E-state index in [1.165, 1.54) is 0 Å². The Morgan fingerprint density at radius 3 is 2.44 bits per heavy atom. The van der Waals surface area contributed by atoms with E-state index in [0.717, 1.165) is 11.5 Å². The van der Waals surface area contributed by atoms with Gasteiger partial charge in [-0.3, -0.25) is 0 Å². The van der Waals surface area contributed by atoms with Gasteiger partial charge in [0.05, 0.1) is 17.2 Å². The normalized spacial score (nSPS) is 15.6. The lowest BCUT2D eigenvalue weighted by Crippen LogP contribution is -2.26. The van der Waals surface area contributed by atoms with Crippen molar-refractivity contribution in [3.05, 3.63) is 34.9 Å². The molecule has 4 heteroatoms. The van der Waals surface area contributed by atoms with Gasteiger partial charge in [-0.1, -0.05) is 11.6 Å². The molecule has 0 saturated heterocycles. The standard InChI is InChI=1S/C12H19ClO2Si/c1-9(11-7-6-8-14-11)12(10(2)13)15-16(3,4)5/h6-9H,1-5H3. The first-order chi connectivity index (χ1) is 7.31. The molecule has 1 rings (SSSR count). The minimum absolute atomic E-state index is 0.0687. The first-order valence-corrected chi connectivity index (χ1v) is 9.18. The summed E-state index contributed by atoms with van der Waals surface area (Å²) in [5.74, 6) is 1.78. The Labute approximate surface area is 103 Å². The van der Waals surface area contributed by atoms with Gasteiger partial charge >= 0.3 is 0 Å². The van der Waals surface area contributed by atoms with E-state index in [4.69, 9.17) is 20.4 Å². The zero-order chi connectivity index (χ0) is 12.3. The number of rotatable bonds is 4. The topological polar surface area (TPSA) is 22.4 Å². The van der Waals surface area contributed by atoms with Gasteiger partial charge in [-0.2, -0.15) is 0 Å². The highest BCUT2D eigenvalue weighted by atomic mass is 35.5. The van der Waals surface area contributed by atoms with E-state index >= 15 is 0 Å². The van der Waals surface area contributed by atoms with Gasteiger partial charge in [0, 0.05) is 0 Å². The minimum Gasteiger partial charge on any atom is -0.546 e. The molecule has 0 aliphatic carbocycles. The van der Waals surface area contributed by atoms with Gasteiger partial charge in [0.15, 0.2) is 0 Å². The third-order valence-electron chi connectivity index (χ3n) is 2.12. The van der Waals surface area contributed by atoms with E-state index in [2.05, 4.69) is 19.6 Å². The van der Waals surface area contributed by atoms with Gasteiger partial charge in [-0.05, 0) is 45.6 Å². The molecule has 1 atom stereocenters. The van der Waals surface area contributed by atoms with Gasteiger partial charge in [-0.15, -0.1) is 0 Å². The van der Waals surface area contributed by atoms with E-state index in [1.54, 1.807) is 6.26 Å². The fraction of sp³-hybridized carbons (Fsp3) is 0.500. The molecule has 90 valence electrons. The highest BCUT2D eigenvalue weighted by Crippen LogP contribution is 2.31. The predicted molar refractivity (Wildman–Crippen MR) is 70.1 cm³/mol. The van der Waals surface area contributed by atoms with Crippen molar-refractivity contribution in [1.82, 2.24) is 0 Å². The molecule has 0 amide bonds. The Bertz CT molecular complexity index is 359. The van der Waals surface area contributed by atoms with Crippen LogP contribution in [0.4, 0.5) is 0 Å². The fourth-order valence-electron chi connectivity index (χ4n) is 1.45. The lowest BCUT2D eigenvalue weighted by molar-refractivity contribution is 0.359. The second kappa shape index (κ2) is 5.10. The van der Waals surface area contributed by atoms with Crippen LogP contribution in [-0.2, 0) is 4.43 Å². The Hall–Kier alpha value is -0.673. The van der Waals surface area contributed by atoms with Crippen molar-refractivity contribution < 1.29 is 8.84 Å². The van der Waals surface area contributed by atoms with Crippen molar-refractivity contribution >= 4 is 19.9 Å². The molecule has 16 heavy (non-hydrogen) atoms. The summed E-state index contributed by atoms with van der Waals surface area (Å²) in [6, 6.07) is 3.82. The van der Waals surface area contributed by atoms with E-state index in [1.807, 2.05) is 26.0 Å². The van der Waals surface area contributed by atoms with E-state index in [9.17, 15) is 0 Å². The van der Waals surface area contributed by atoms with Crippen LogP contribution >= 0.6 is 11.6 Å². The summed E-state index contributed by atoms with van der Waals surface area (Å²) in [5, 5.41) is 0.700. The smallest absolute Gasteiger partial charge is 0.241 e. The Balaban J connectivity index is 2.93. The Morgan fingerprint density at radius 2 is 2.06 bits per heavy atom. The largest absolute Gasteiger partial charge is 0.546 e. The zero-order valence-electron chi connectivity index (χ0n) is 10.5. The predicted octanol–water partition coefficient (Wildman–Crippen LogP) is 4.70. The second-order valence-corrected chi connectivity index (χ2v) is 9.85.